The molecule has 4 aromatic rings. The summed E-state index contributed by atoms with van der Waals surface area (Å²) in [6.07, 6.45) is 2.61. The molecule has 2 heterocycles. The summed E-state index contributed by atoms with van der Waals surface area (Å²) in [7, 11) is 3.24. The minimum Gasteiger partial charge on any atom is -0.487 e. The average Bonchev–Trinajstić information content (AvgIpc) is 3.18. The molecular formula is C25H24N2O4. The van der Waals surface area contributed by atoms with E-state index in [0.717, 1.165) is 27.6 Å². The van der Waals surface area contributed by atoms with Gasteiger partial charge in [-0.2, -0.15) is 0 Å². The first-order chi connectivity index (χ1) is 15.0. The van der Waals surface area contributed by atoms with Crippen molar-refractivity contribution in [1.29, 1.82) is 0 Å². The molecule has 0 bridgehead atoms. The highest BCUT2D eigenvalue weighted by molar-refractivity contribution is 5.94. The molecule has 0 aliphatic rings. The highest BCUT2D eigenvalue weighted by Crippen LogP contribution is 2.38. The third-order valence-corrected chi connectivity index (χ3v) is 5.42. The number of hydrogen-bond donors (Lipinski definition) is 1. The van der Waals surface area contributed by atoms with Gasteiger partial charge in [0.25, 0.3) is 5.56 Å². The number of methoxy groups -OCH3 is 1. The number of H-pyrrole nitrogens is 1. The number of aryl methyl sites for hydroxylation is 2. The molecule has 0 atom stereocenters. The van der Waals surface area contributed by atoms with Crippen molar-refractivity contribution < 1.29 is 14.3 Å². The van der Waals surface area contributed by atoms with E-state index in [4.69, 9.17) is 9.47 Å². The maximum absolute atomic E-state index is 12.6. The van der Waals surface area contributed by atoms with Crippen LogP contribution in [-0.2, 0) is 24.8 Å². The number of fused-ring (bicyclic) bond motifs is 1. The number of rotatable bonds is 6. The summed E-state index contributed by atoms with van der Waals surface area (Å²) in [5.41, 5.74) is 3.84. The summed E-state index contributed by atoms with van der Waals surface area (Å²) in [4.78, 5) is 27.5. The van der Waals surface area contributed by atoms with Gasteiger partial charge in [-0.05, 0) is 41.8 Å². The molecule has 31 heavy (non-hydrogen) atoms. The van der Waals surface area contributed by atoms with Crippen molar-refractivity contribution in [3.8, 4) is 17.0 Å². The van der Waals surface area contributed by atoms with Crippen LogP contribution in [0.2, 0.25) is 0 Å². The van der Waals surface area contributed by atoms with Crippen molar-refractivity contribution in [2.24, 2.45) is 7.05 Å². The van der Waals surface area contributed by atoms with Crippen molar-refractivity contribution in [3.05, 3.63) is 87.8 Å². The Kier molecular flexibility index (Phi) is 5.62. The second-order valence-electron chi connectivity index (χ2n) is 7.33. The minimum absolute atomic E-state index is 0.00403. The quantitative estimate of drug-likeness (QED) is 0.471. The number of benzene rings is 2. The van der Waals surface area contributed by atoms with Gasteiger partial charge in [0.1, 0.15) is 17.9 Å². The fourth-order valence-corrected chi connectivity index (χ4v) is 3.76. The number of aromatic amines is 1. The number of ether oxygens (including phenoxy) is 2. The Bertz CT molecular complexity index is 1300. The van der Waals surface area contributed by atoms with E-state index in [2.05, 4.69) is 4.98 Å². The molecule has 2 aromatic carbocycles. The van der Waals surface area contributed by atoms with Crippen molar-refractivity contribution in [2.75, 3.05) is 7.11 Å². The lowest BCUT2D eigenvalue weighted by atomic mass is 9.99. The van der Waals surface area contributed by atoms with Crippen LogP contribution in [0.3, 0.4) is 0 Å². The van der Waals surface area contributed by atoms with Crippen molar-refractivity contribution in [3.63, 3.8) is 0 Å². The highest BCUT2D eigenvalue weighted by atomic mass is 16.5. The van der Waals surface area contributed by atoms with Crippen LogP contribution >= 0.6 is 0 Å². The molecule has 0 aliphatic heterocycles. The first-order valence-electron chi connectivity index (χ1n) is 10.1. The zero-order valence-electron chi connectivity index (χ0n) is 17.8. The molecule has 1 N–H and O–H groups in total. The predicted molar refractivity (Wildman–Crippen MR) is 120 cm³/mol. The Hall–Kier alpha value is -3.80. The molecule has 2 aromatic heterocycles. The molecule has 0 spiro atoms. The number of hydrogen-bond acceptors (Lipinski definition) is 4. The van der Waals surface area contributed by atoms with Gasteiger partial charge in [-0.1, -0.05) is 37.3 Å². The Balaban J connectivity index is 1.88. The van der Waals surface area contributed by atoms with E-state index in [9.17, 15) is 9.59 Å². The van der Waals surface area contributed by atoms with Crippen molar-refractivity contribution >= 4 is 16.9 Å². The molecule has 0 saturated heterocycles. The maximum atomic E-state index is 12.6. The highest BCUT2D eigenvalue weighted by Gasteiger charge is 2.20. The van der Waals surface area contributed by atoms with Crippen LogP contribution in [0.5, 0.6) is 5.75 Å². The number of esters is 1. The molecule has 0 aliphatic carbocycles. The van der Waals surface area contributed by atoms with Crippen LogP contribution < -0.4 is 10.3 Å². The molecule has 6 heteroatoms. The lowest BCUT2D eigenvalue weighted by molar-refractivity contribution is 0.0598. The summed E-state index contributed by atoms with van der Waals surface area (Å²) in [6.45, 7) is 2.37. The summed E-state index contributed by atoms with van der Waals surface area (Å²) < 4.78 is 13.1. The third-order valence-electron chi connectivity index (χ3n) is 5.42. The fraction of sp³-hybridized carbons (Fsp3) is 0.200. The Morgan fingerprint density at radius 1 is 1.10 bits per heavy atom. The second kappa shape index (κ2) is 8.52. The van der Waals surface area contributed by atoms with Crippen molar-refractivity contribution in [1.82, 2.24) is 9.55 Å². The largest absolute Gasteiger partial charge is 0.487 e. The SMILES string of the molecule is CCc1cc(C(=O)OC)c(=O)[nH]c1-c1ccc2c(ccn2C)c1OCc1ccccc1. The zero-order valence-corrected chi connectivity index (χ0v) is 17.8. The van der Waals surface area contributed by atoms with Crippen LogP contribution in [-0.4, -0.2) is 22.6 Å². The Labute approximate surface area is 180 Å². The average molecular weight is 416 g/mol. The summed E-state index contributed by atoms with van der Waals surface area (Å²) in [5.74, 6) is 0.0414. The van der Waals surface area contributed by atoms with Crippen LogP contribution in [0.25, 0.3) is 22.2 Å². The second-order valence-corrected chi connectivity index (χ2v) is 7.33. The Morgan fingerprint density at radius 3 is 2.58 bits per heavy atom. The standard InChI is InChI=1S/C25H24N2O4/c1-4-17-14-20(25(29)30-3)24(28)26-22(17)19-10-11-21-18(12-13-27(21)2)23(19)31-15-16-8-6-5-7-9-16/h5-14H,4,15H2,1-3H3,(H,26,28). The van der Waals surface area contributed by atoms with Crippen LogP contribution in [0.15, 0.2) is 65.6 Å². The van der Waals surface area contributed by atoms with Crippen molar-refractivity contribution in [2.45, 2.75) is 20.0 Å². The van der Waals surface area contributed by atoms with E-state index in [1.165, 1.54) is 7.11 Å². The van der Waals surface area contributed by atoms with E-state index in [0.29, 0.717) is 24.5 Å². The van der Waals surface area contributed by atoms with Gasteiger partial charge in [0.05, 0.1) is 18.3 Å². The van der Waals surface area contributed by atoms with Gasteiger partial charge in [0.15, 0.2) is 0 Å². The van der Waals surface area contributed by atoms with E-state index < -0.39 is 11.5 Å². The van der Waals surface area contributed by atoms with Gasteiger partial charge in [0.2, 0.25) is 0 Å². The Morgan fingerprint density at radius 2 is 1.87 bits per heavy atom. The van der Waals surface area contributed by atoms with Gasteiger partial charge < -0.3 is 19.0 Å². The van der Waals surface area contributed by atoms with Gasteiger partial charge >= 0.3 is 5.97 Å². The molecule has 0 radical (unpaired) electrons. The number of aromatic nitrogens is 2. The fourth-order valence-electron chi connectivity index (χ4n) is 3.76. The number of nitrogens with zero attached hydrogens (tertiary/aromatic N) is 1. The lowest BCUT2D eigenvalue weighted by Gasteiger charge is -2.16. The number of pyridine rings is 1. The summed E-state index contributed by atoms with van der Waals surface area (Å²) >= 11 is 0. The summed E-state index contributed by atoms with van der Waals surface area (Å²) in [6, 6.07) is 17.5. The molecular weight excluding hydrogens is 392 g/mol. The monoisotopic (exact) mass is 416 g/mol. The molecule has 158 valence electrons. The predicted octanol–water partition coefficient (Wildman–Crippen LogP) is 4.46. The maximum Gasteiger partial charge on any atom is 0.343 e. The normalized spacial score (nSPS) is 10.9. The van der Waals surface area contributed by atoms with Crippen LogP contribution in [0, 0.1) is 0 Å². The number of carbonyl (C=O) groups is 1. The van der Waals surface area contributed by atoms with Gasteiger partial charge in [0, 0.05) is 24.2 Å². The van der Waals surface area contributed by atoms with Gasteiger partial charge in [-0.15, -0.1) is 0 Å². The zero-order chi connectivity index (χ0) is 22.0. The molecule has 0 unspecified atom stereocenters. The van der Waals surface area contributed by atoms with E-state index in [1.807, 2.05) is 73.3 Å². The molecule has 0 saturated carbocycles. The lowest BCUT2D eigenvalue weighted by Crippen LogP contribution is -2.20. The van der Waals surface area contributed by atoms with Crippen LogP contribution in [0.1, 0.15) is 28.4 Å². The number of nitrogens with one attached hydrogen (secondary N) is 1. The van der Waals surface area contributed by atoms with Gasteiger partial charge in [-0.3, -0.25) is 4.79 Å². The summed E-state index contributed by atoms with van der Waals surface area (Å²) in [5, 5.41) is 0.955. The first-order valence-corrected chi connectivity index (χ1v) is 10.1. The molecule has 0 fully saturated rings. The molecule has 4 rings (SSSR count). The number of carbonyl (C=O) groups excluding carboxylic acids is 1. The smallest absolute Gasteiger partial charge is 0.343 e. The topological polar surface area (TPSA) is 73.3 Å². The van der Waals surface area contributed by atoms with Crippen LogP contribution in [0.4, 0.5) is 0 Å². The first kappa shape index (κ1) is 20.5. The van der Waals surface area contributed by atoms with Gasteiger partial charge in [-0.25, -0.2) is 4.79 Å². The van der Waals surface area contributed by atoms with E-state index in [1.54, 1.807) is 6.07 Å². The van der Waals surface area contributed by atoms with E-state index in [-0.39, 0.29) is 5.56 Å². The molecule has 6 nitrogen and oxygen atoms in total. The molecule has 0 amide bonds. The van der Waals surface area contributed by atoms with E-state index >= 15 is 0 Å². The third kappa shape index (κ3) is 3.84. The minimum atomic E-state index is -0.651.